The van der Waals surface area contributed by atoms with Gasteiger partial charge < -0.3 is 29.5 Å². The zero-order valence-corrected chi connectivity index (χ0v) is 12.1. The van der Waals surface area contributed by atoms with Gasteiger partial charge in [-0.2, -0.15) is 0 Å². The predicted octanol–water partition coefficient (Wildman–Crippen LogP) is -0.788. The highest BCUT2D eigenvalue weighted by Crippen LogP contribution is 2.05. The van der Waals surface area contributed by atoms with Gasteiger partial charge in [-0.15, -0.1) is 0 Å². The number of hydrogen-bond acceptors (Lipinski definition) is 8. The van der Waals surface area contributed by atoms with Crippen molar-refractivity contribution in [3.63, 3.8) is 0 Å². The maximum Gasteiger partial charge on any atom is 0.411 e. The lowest BCUT2D eigenvalue weighted by molar-refractivity contribution is -0.212. The Kier molecular flexibility index (Phi) is 8.55. The van der Waals surface area contributed by atoms with E-state index in [2.05, 4.69) is 11.3 Å². The monoisotopic (exact) mass is 307 g/mol. The van der Waals surface area contributed by atoms with E-state index in [1.165, 1.54) is 20.8 Å². The number of aliphatic hydroxyl groups is 3. The molecule has 0 aromatic carbocycles. The van der Waals surface area contributed by atoms with Crippen LogP contribution in [0.2, 0.25) is 0 Å². The second kappa shape index (κ2) is 9.29. The van der Waals surface area contributed by atoms with Crippen LogP contribution in [0.25, 0.3) is 0 Å². The average Bonchev–Trinajstić information content (AvgIpc) is 2.36. The predicted molar refractivity (Wildman–Crippen MR) is 69.6 cm³/mol. The third-order valence-electron chi connectivity index (χ3n) is 2.09. The molecule has 0 heterocycles. The molecule has 0 radical (unpaired) electrons. The van der Waals surface area contributed by atoms with Crippen molar-refractivity contribution in [2.24, 2.45) is 0 Å². The van der Waals surface area contributed by atoms with E-state index in [0.717, 1.165) is 0 Å². The Morgan fingerprint density at radius 2 is 1.71 bits per heavy atom. The highest BCUT2D eigenvalue weighted by Gasteiger charge is 2.21. The van der Waals surface area contributed by atoms with Crippen LogP contribution in [-0.4, -0.2) is 58.9 Å². The summed E-state index contributed by atoms with van der Waals surface area (Å²) >= 11 is 0. The molecule has 1 amide bonds. The molecule has 0 bridgehead atoms. The minimum absolute atomic E-state index is 0.192. The number of nitrogens with one attached hydrogen (secondary N) is 1. The molecule has 21 heavy (non-hydrogen) atoms. The second-order valence-electron chi connectivity index (χ2n) is 4.20. The maximum atomic E-state index is 11.3. The second-order valence-corrected chi connectivity index (χ2v) is 4.20. The zero-order valence-electron chi connectivity index (χ0n) is 12.1. The first-order valence-corrected chi connectivity index (χ1v) is 6.13. The van der Waals surface area contributed by atoms with Crippen molar-refractivity contribution in [3.05, 3.63) is 12.2 Å². The van der Waals surface area contributed by atoms with Crippen molar-refractivity contribution >= 4 is 12.1 Å². The number of rotatable bonds is 8. The number of amides is 1. The van der Waals surface area contributed by atoms with Gasteiger partial charge in [-0.25, -0.2) is 9.59 Å². The van der Waals surface area contributed by atoms with E-state index >= 15 is 0 Å². The van der Waals surface area contributed by atoms with Crippen LogP contribution >= 0.6 is 0 Å². The van der Waals surface area contributed by atoms with Crippen LogP contribution in [-0.2, 0) is 19.0 Å². The third-order valence-corrected chi connectivity index (χ3v) is 2.09. The number of ether oxygens (including phenoxy) is 3. The fraction of sp³-hybridized carbons (Fsp3) is 0.667. The summed E-state index contributed by atoms with van der Waals surface area (Å²) in [5, 5.41) is 28.7. The lowest BCUT2D eigenvalue weighted by Crippen LogP contribution is -2.46. The molecule has 0 aliphatic carbocycles. The summed E-state index contributed by atoms with van der Waals surface area (Å²) in [5.41, 5.74) is 0.192. The average molecular weight is 307 g/mol. The number of carbonyl (C=O) groups is 2. The number of carbonyl (C=O) groups excluding carboxylic acids is 2. The fourth-order valence-electron chi connectivity index (χ4n) is 1.08. The summed E-state index contributed by atoms with van der Waals surface area (Å²) in [6, 6.07) is 0. The Labute approximate surface area is 122 Å². The van der Waals surface area contributed by atoms with E-state index in [4.69, 9.17) is 19.7 Å². The van der Waals surface area contributed by atoms with Crippen molar-refractivity contribution in [2.45, 2.75) is 45.7 Å². The summed E-state index contributed by atoms with van der Waals surface area (Å²) in [6.45, 7) is 6.91. The van der Waals surface area contributed by atoms with Crippen LogP contribution in [0.1, 0.15) is 20.8 Å². The van der Waals surface area contributed by atoms with Gasteiger partial charge in [-0.05, 0) is 20.8 Å². The van der Waals surface area contributed by atoms with Crippen LogP contribution in [0.15, 0.2) is 12.2 Å². The Hall–Kier alpha value is -1.68. The largest absolute Gasteiger partial charge is 0.433 e. The molecule has 0 aliphatic heterocycles. The smallest absolute Gasteiger partial charge is 0.411 e. The fourth-order valence-corrected chi connectivity index (χ4v) is 1.08. The van der Waals surface area contributed by atoms with E-state index in [-0.39, 0.29) is 5.57 Å². The Balaban J connectivity index is 4.13. The Bertz CT molecular complexity index is 372. The first-order chi connectivity index (χ1) is 9.67. The Morgan fingerprint density at radius 1 is 1.19 bits per heavy atom. The molecular formula is C12H21NO8. The summed E-state index contributed by atoms with van der Waals surface area (Å²) in [4.78, 5) is 22.5. The van der Waals surface area contributed by atoms with E-state index in [9.17, 15) is 14.7 Å². The van der Waals surface area contributed by atoms with Gasteiger partial charge in [0.2, 0.25) is 12.6 Å². The maximum absolute atomic E-state index is 11.3. The molecule has 9 nitrogen and oxygen atoms in total. The molecule has 0 spiro atoms. The summed E-state index contributed by atoms with van der Waals surface area (Å²) in [6.07, 6.45) is -6.38. The van der Waals surface area contributed by atoms with Crippen LogP contribution in [0.5, 0.6) is 0 Å². The van der Waals surface area contributed by atoms with Gasteiger partial charge in [0.1, 0.15) is 6.10 Å². The van der Waals surface area contributed by atoms with Crippen LogP contribution in [0.4, 0.5) is 4.79 Å². The number of alkyl carbamates (subject to hydrolysis) is 1. The Morgan fingerprint density at radius 3 is 2.19 bits per heavy atom. The molecule has 9 heteroatoms. The van der Waals surface area contributed by atoms with Crippen molar-refractivity contribution in [1.82, 2.24) is 5.32 Å². The van der Waals surface area contributed by atoms with Gasteiger partial charge in [0, 0.05) is 5.57 Å². The summed E-state index contributed by atoms with van der Waals surface area (Å²) < 4.78 is 14.5. The topological polar surface area (TPSA) is 135 Å². The normalized spacial score (nSPS) is 16.3. The molecule has 0 aliphatic rings. The van der Waals surface area contributed by atoms with Crippen molar-refractivity contribution in [2.75, 3.05) is 6.61 Å². The van der Waals surface area contributed by atoms with Gasteiger partial charge in [0.25, 0.3) is 0 Å². The van der Waals surface area contributed by atoms with Gasteiger partial charge in [0.15, 0.2) is 6.23 Å². The summed E-state index contributed by atoms with van der Waals surface area (Å²) in [7, 11) is 0. The molecule has 4 unspecified atom stereocenters. The molecule has 0 saturated heterocycles. The molecule has 0 saturated carbocycles. The van der Waals surface area contributed by atoms with E-state index in [1.54, 1.807) is 0 Å². The first-order valence-electron chi connectivity index (χ1n) is 6.13. The number of esters is 1. The molecule has 0 aromatic rings. The number of hydrogen-bond donors (Lipinski definition) is 4. The zero-order chi connectivity index (χ0) is 16.6. The van der Waals surface area contributed by atoms with E-state index in [1.807, 2.05) is 5.32 Å². The van der Waals surface area contributed by atoms with Crippen molar-refractivity contribution < 1.29 is 39.1 Å². The van der Waals surface area contributed by atoms with Gasteiger partial charge in [0.05, 0.1) is 6.61 Å². The molecule has 0 aromatic heterocycles. The molecular weight excluding hydrogens is 286 g/mol. The van der Waals surface area contributed by atoms with Crippen molar-refractivity contribution in [1.29, 1.82) is 0 Å². The molecule has 0 fully saturated rings. The quantitative estimate of drug-likeness (QED) is 0.260. The van der Waals surface area contributed by atoms with Crippen LogP contribution in [0.3, 0.4) is 0 Å². The first kappa shape index (κ1) is 19.3. The molecule has 4 atom stereocenters. The third kappa shape index (κ3) is 8.25. The lowest BCUT2D eigenvalue weighted by atomic mass is 10.3. The highest BCUT2D eigenvalue weighted by molar-refractivity contribution is 5.86. The molecule has 4 N–H and O–H groups in total. The minimum Gasteiger partial charge on any atom is -0.433 e. The lowest BCUT2D eigenvalue weighted by Gasteiger charge is -2.21. The van der Waals surface area contributed by atoms with Gasteiger partial charge in [-0.1, -0.05) is 6.58 Å². The van der Waals surface area contributed by atoms with Crippen LogP contribution in [0, 0.1) is 0 Å². The van der Waals surface area contributed by atoms with Gasteiger partial charge >= 0.3 is 12.1 Å². The number of aliphatic hydroxyl groups excluding tert-OH is 3. The van der Waals surface area contributed by atoms with E-state index in [0.29, 0.717) is 0 Å². The van der Waals surface area contributed by atoms with E-state index < -0.39 is 43.6 Å². The molecule has 122 valence electrons. The van der Waals surface area contributed by atoms with Gasteiger partial charge in [-0.3, -0.25) is 5.32 Å². The SMILES string of the molecule is C=C(C)C(=O)OC(C)OC(C)OC(=O)NC(O)C(O)CO. The minimum atomic E-state index is -1.69. The highest BCUT2D eigenvalue weighted by atomic mass is 16.8. The summed E-state index contributed by atoms with van der Waals surface area (Å²) in [5.74, 6) is -0.652. The molecule has 0 rings (SSSR count). The van der Waals surface area contributed by atoms with Crippen LogP contribution < -0.4 is 5.32 Å². The van der Waals surface area contributed by atoms with Crippen molar-refractivity contribution in [3.8, 4) is 0 Å². The standard InChI is InChI=1S/C12H21NO8/c1-6(2)11(17)20-7(3)19-8(4)21-12(18)13-10(16)9(15)5-14/h7-10,14-16H,1,5H2,2-4H3,(H,13,18).